The van der Waals surface area contributed by atoms with Crippen LogP contribution in [0.5, 0.6) is 5.88 Å². The molecule has 0 aromatic carbocycles. The van der Waals surface area contributed by atoms with Crippen LogP contribution in [0.4, 0.5) is 5.95 Å². The average Bonchev–Trinajstić information content (AvgIpc) is 2.31. The molecule has 96 valence electrons. The number of nitrogens with zero attached hydrogens (tertiary/aromatic N) is 2. The zero-order chi connectivity index (χ0) is 12.9. The molecule has 2 N–H and O–H groups in total. The Bertz CT molecular complexity index is 480. The van der Waals surface area contributed by atoms with Crippen molar-refractivity contribution < 1.29 is 13.2 Å². The lowest BCUT2D eigenvalue weighted by atomic mass is 10.6. The first kappa shape index (κ1) is 14.1. The van der Waals surface area contributed by atoms with Crippen molar-refractivity contribution in [3.63, 3.8) is 0 Å². The van der Waals surface area contributed by atoms with E-state index in [0.29, 0.717) is 16.3 Å². The van der Waals surface area contributed by atoms with Gasteiger partial charge in [0, 0.05) is 6.54 Å². The third-order valence-electron chi connectivity index (χ3n) is 1.87. The number of halogens is 1. The molecule has 0 fully saturated rings. The van der Waals surface area contributed by atoms with Gasteiger partial charge in [-0.05, 0) is 23.0 Å². The van der Waals surface area contributed by atoms with Crippen molar-refractivity contribution in [2.24, 2.45) is 0 Å². The van der Waals surface area contributed by atoms with Crippen LogP contribution in [0, 0.1) is 0 Å². The van der Waals surface area contributed by atoms with Crippen LogP contribution in [-0.2, 0) is 10.0 Å². The molecule has 0 amide bonds. The molecule has 0 aliphatic carbocycles. The van der Waals surface area contributed by atoms with E-state index in [2.05, 4.69) is 35.9 Å². The van der Waals surface area contributed by atoms with E-state index in [9.17, 15) is 8.42 Å². The molecule has 0 aliphatic heterocycles. The van der Waals surface area contributed by atoms with Gasteiger partial charge in [-0.25, -0.2) is 18.1 Å². The smallest absolute Gasteiger partial charge is 0.232 e. The Morgan fingerprint density at radius 2 is 2.24 bits per heavy atom. The van der Waals surface area contributed by atoms with Gasteiger partial charge in [0.15, 0.2) is 0 Å². The van der Waals surface area contributed by atoms with Gasteiger partial charge in [0.05, 0.1) is 23.5 Å². The van der Waals surface area contributed by atoms with Crippen molar-refractivity contribution in [1.82, 2.24) is 14.7 Å². The summed E-state index contributed by atoms with van der Waals surface area (Å²) in [4.78, 5) is 8.00. The maximum absolute atomic E-state index is 11.1. The topological polar surface area (TPSA) is 93.2 Å². The van der Waals surface area contributed by atoms with Crippen LogP contribution in [0.15, 0.2) is 10.7 Å². The van der Waals surface area contributed by atoms with E-state index < -0.39 is 10.0 Å². The van der Waals surface area contributed by atoms with Gasteiger partial charge in [0.1, 0.15) is 0 Å². The minimum absolute atomic E-state index is 0.0504. The molecule has 0 aliphatic rings. The lowest BCUT2D eigenvalue weighted by Gasteiger charge is -2.07. The number of nitrogens with one attached hydrogen (secondary N) is 2. The molecule has 17 heavy (non-hydrogen) atoms. The SMILES string of the molecule is CNS(=O)(=O)CCNc1ncc(Br)c(OC)n1. The normalized spacial score (nSPS) is 11.2. The third-order valence-corrected chi connectivity index (χ3v) is 3.78. The second-order valence-electron chi connectivity index (χ2n) is 3.00. The average molecular weight is 325 g/mol. The maximum atomic E-state index is 11.1. The predicted molar refractivity (Wildman–Crippen MR) is 67.6 cm³/mol. The lowest BCUT2D eigenvalue weighted by Crippen LogP contribution is -2.26. The van der Waals surface area contributed by atoms with Crippen molar-refractivity contribution in [2.45, 2.75) is 0 Å². The van der Waals surface area contributed by atoms with E-state index in [-0.39, 0.29) is 12.3 Å². The summed E-state index contributed by atoms with van der Waals surface area (Å²) >= 11 is 3.22. The van der Waals surface area contributed by atoms with Gasteiger partial charge in [-0.3, -0.25) is 0 Å². The summed E-state index contributed by atoms with van der Waals surface area (Å²) in [5.74, 6) is 0.654. The van der Waals surface area contributed by atoms with Gasteiger partial charge in [0.25, 0.3) is 0 Å². The first-order chi connectivity index (χ1) is 7.98. The molecule has 0 saturated carbocycles. The van der Waals surface area contributed by atoms with Gasteiger partial charge >= 0.3 is 0 Å². The number of sulfonamides is 1. The molecule has 1 heterocycles. The fraction of sp³-hybridized carbons (Fsp3) is 0.500. The highest BCUT2D eigenvalue weighted by Crippen LogP contribution is 2.21. The Hall–Kier alpha value is -0.930. The minimum Gasteiger partial charge on any atom is -0.480 e. The van der Waals surface area contributed by atoms with E-state index in [1.807, 2.05) is 0 Å². The number of hydrogen-bond donors (Lipinski definition) is 2. The number of methoxy groups -OCH3 is 1. The summed E-state index contributed by atoms with van der Waals surface area (Å²) in [5.41, 5.74) is 0. The number of anilines is 1. The molecule has 7 nitrogen and oxygen atoms in total. The summed E-state index contributed by atoms with van der Waals surface area (Å²) in [6.07, 6.45) is 1.53. The van der Waals surface area contributed by atoms with E-state index in [0.717, 1.165) is 0 Å². The van der Waals surface area contributed by atoms with Crippen molar-refractivity contribution in [3.8, 4) is 5.88 Å². The van der Waals surface area contributed by atoms with Crippen molar-refractivity contribution in [1.29, 1.82) is 0 Å². The summed E-state index contributed by atoms with van der Waals surface area (Å²) in [6, 6.07) is 0. The quantitative estimate of drug-likeness (QED) is 0.777. The molecule has 0 spiro atoms. The fourth-order valence-electron chi connectivity index (χ4n) is 0.979. The highest BCUT2D eigenvalue weighted by Gasteiger charge is 2.08. The van der Waals surface area contributed by atoms with Crippen LogP contribution >= 0.6 is 15.9 Å². The summed E-state index contributed by atoms with van der Waals surface area (Å²) in [6.45, 7) is 0.216. The van der Waals surface area contributed by atoms with Crippen LogP contribution in [0.1, 0.15) is 0 Å². The molecule has 9 heteroatoms. The first-order valence-corrected chi connectivity index (χ1v) is 7.14. The predicted octanol–water partition coefficient (Wildman–Crippen LogP) is 0.209. The van der Waals surface area contributed by atoms with Crippen molar-refractivity contribution in [3.05, 3.63) is 10.7 Å². The first-order valence-electron chi connectivity index (χ1n) is 4.70. The minimum atomic E-state index is -3.22. The molecule has 0 bridgehead atoms. The number of aromatic nitrogens is 2. The van der Waals surface area contributed by atoms with E-state index >= 15 is 0 Å². The van der Waals surface area contributed by atoms with E-state index in [4.69, 9.17) is 4.74 Å². The van der Waals surface area contributed by atoms with E-state index in [1.165, 1.54) is 20.4 Å². The molecule has 1 rings (SSSR count). The molecular weight excluding hydrogens is 312 g/mol. The Kier molecular flexibility index (Phi) is 5.09. The largest absolute Gasteiger partial charge is 0.480 e. The molecule has 0 saturated heterocycles. The third kappa shape index (κ3) is 4.44. The highest BCUT2D eigenvalue weighted by atomic mass is 79.9. The van der Waals surface area contributed by atoms with Crippen LogP contribution in [0.3, 0.4) is 0 Å². The van der Waals surface area contributed by atoms with Crippen LogP contribution in [-0.4, -0.2) is 44.8 Å². The Morgan fingerprint density at radius 1 is 1.53 bits per heavy atom. The van der Waals surface area contributed by atoms with Crippen LogP contribution in [0.25, 0.3) is 0 Å². The molecule has 0 unspecified atom stereocenters. The number of rotatable bonds is 6. The monoisotopic (exact) mass is 324 g/mol. The van der Waals surface area contributed by atoms with Gasteiger partial charge in [-0.15, -0.1) is 0 Å². The Balaban J connectivity index is 2.58. The zero-order valence-electron chi connectivity index (χ0n) is 9.40. The molecule has 1 aromatic heterocycles. The fourth-order valence-corrected chi connectivity index (χ4v) is 1.91. The number of ether oxygens (including phenoxy) is 1. The van der Waals surface area contributed by atoms with Gasteiger partial charge in [-0.1, -0.05) is 0 Å². The van der Waals surface area contributed by atoms with E-state index in [1.54, 1.807) is 0 Å². The second kappa shape index (κ2) is 6.12. The van der Waals surface area contributed by atoms with Crippen LogP contribution < -0.4 is 14.8 Å². The summed E-state index contributed by atoms with van der Waals surface area (Å²) < 4.78 is 30.1. The summed E-state index contributed by atoms with van der Waals surface area (Å²) in [5, 5.41) is 2.79. The van der Waals surface area contributed by atoms with Crippen LogP contribution in [0.2, 0.25) is 0 Å². The molecular formula is C8H13BrN4O3S. The van der Waals surface area contributed by atoms with Gasteiger partial charge < -0.3 is 10.1 Å². The maximum Gasteiger partial charge on any atom is 0.232 e. The van der Waals surface area contributed by atoms with Crippen molar-refractivity contribution >= 4 is 31.9 Å². The molecule has 1 aromatic rings. The van der Waals surface area contributed by atoms with Gasteiger partial charge in [0.2, 0.25) is 21.9 Å². The summed E-state index contributed by atoms with van der Waals surface area (Å²) in [7, 11) is -0.364. The molecule has 0 radical (unpaired) electrons. The van der Waals surface area contributed by atoms with Gasteiger partial charge in [-0.2, -0.15) is 4.98 Å². The standard InChI is InChI=1S/C8H13BrN4O3S/c1-10-17(14,15)4-3-11-8-12-5-6(9)7(13-8)16-2/h5,10H,3-4H2,1-2H3,(H,11,12,13). The highest BCUT2D eigenvalue weighted by molar-refractivity contribution is 9.10. The second-order valence-corrected chi connectivity index (χ2v) is 5.90. The zero-order valence-corrected chi connectivity index (χ0v) is 11.8. The Morgan fingerprint density at radius 3 is 2.82 bits per heavy atom. The molecule has 0 atom stereocenters. The van der Waals surface area contributed by atoms with Crippen molar-refractivity contribution in [2.75, 3.05) is 31.8 Å². The Labute approximate surface area is 108 Å². The number of hydrogen-bond acceptors (Lipinski definition) is 6. The lowest BCUT2D eigenvalue weighted by molar-refractivity contribution is 0.394.